The van der Waals surface area contributed by atoms with E-state index < -0.39 is 0 Å². The molecule has 2 aromatic rings. The molecule has 1 aliphatic rings. The highest BCUT2D eigenvalue weighted by Crippen LogP contribution is 2.39. The summed E-state index contributed by atoms with van der Waals surface area (Å²) in [5.74, 6) is 1.38. The standard InChI is InChI=1S/C16H18ClNO2S/c1-9-4-13(11(3)21-9)10(2)18-7-12-5-14(17)16-15(6-12)19-8-20-16/h4-6,10,18H,7-8H2,1-3H3. The monoisotopic (exact) mass is 323 g/mol. The van der Waals surface area contributed by atoms with Gasteiger partial charge in [0.25, 0.3) is 0 Å². The Hall–Kier alpha value is -1.23. The van der Waals surface area contributed by atoms with Crippen molar-refractivity contribution in [2.75, 3.05) is 6.79 Å². The fraction of sp³-hybridized carbons (Fsp3) is 0.375. The van der Waals surface area contributed by atoms with Crippen molar-refractivity contribution in [2.45, 2.75) is 33.4 Å². The van der Waals surface area contributed by atoms with Gasteiger partial charge in [-0.25, -0.2) is 0 Å². The maximum atomic E-state index is 6.20. The van der Waals surface area contributed by atoms with Crippen LogP contribution in [0.5, 0.6) is 11.5 Å². The van der Waals surface area contributed by atoms with E-state index in [0.717, 1.165) is 17.9 Å². The minimum absolute atomic E-state index is 0.246. The first kappa shape index (κ1) is 14.7. The summed E-state index contributed by atoms with van der Waals surface area (Å²) in [7, 11) is 0. The SMILES string of the molecule is Cc1cc(C(C)NCc2cc(Cl)c3c(c2)OCO3)c(C)s1. The van der Waals surface area contributed by atoms with Crippen LogP contribution >= 0.6 is 22.9 Å². The van der Waals surface area contributed by atoms with Gasteiger partial charge in [0.05, 0.1) is 5.02 Å². The van der Waals surface area contributed by atoms with Gasteiger partial charge >= 0.3 is 0 Å². The Labute approximate surface area is 133 Å². The Morgan fingerprint density at radius 1 is 1.29 bits per heavy atom. The van der Waals surface area contributed by atoms with E-state index >= 15 is 0 Å². The number of rotatable bonds is 4. The molecule has 0 radical (unpaired) electrons. The second-order valence-electron chi connectivity index (χ2n) is 5.28. The van der Waals surface area contributed by atoms with Gasteiger partial charge in [0, 0.05) is 22.3 Å². The summed E-state index contributed by atoms with van der Waals surface area (Å²) >= 11 is 8.04. The Morgan fingerprint density at radius 3 is 2.81 bits per heavy atom. The number of hydrogen-bond donors (Lipinski definition) is 1. The van der Waals surface area contributed by atoms with Gasteiger partial charge in [0.15, 0.2) is 11.5 Å². The molecule has 0 saturated heterocycles. The Balaban J connectivity index is 1.70. The molecule has 0 bridgehead atoms. The van der Waals surface area contributed by atoms with Gasteiger partial charge in [0.2, 0.25) is 6.79 Å². The zero-order valence-corrected chi connectivity index (χ0v) is 13.9. The number of thiophene rings is 1. The lowest BCUT2D eigenvalue weighted by molar-refractivity contribution is 0.174. The molecule has 3 rings (SSSR count). The third-order valence-electron chi connectivity index (χ3n) is 3.65. The van der Waals surface area contributed by atoms with Gasteiger partial charge in [0.1, 0.15) is 0 Å². The van der Waals surface area contributed by atoms with Crippen LogP contribution in [0.15, 0.2) is 18.2 Å². The van der Waals surface area contributed by atoms with E-state index in [9.17, 15) is 0 Å². The molecule has 1 aromatic heterocycles. The van der Waals surface area contributed by atoms with Crippen molar-refractivity contribution in [3.63, 3.8) is 0 Å². The highest BCUT2D eigenvalue weighted by Gasteiger charge is 2.18. The topological polar surface area (TPSA) is 30.5 Å². The van der Waals surface area contributed by atoms with Crippen LogP contribution < -0.4 is 14.8 Å². The summed E-state index contributed by atoms with van der Waals surface area (Å²) in [5, 5.41) is 4.15. The van der Waals surface area contributed by atoms with Crippen molar-refractivity contribution in [1.82, 2.24) is 5.32 Å². The Bertz CT molecular complexity index is 669. The first-order valence-corrected chi connectivity index (χ1v) is 8.12. The van der Waals surface area contributed by atoms with Crippen LogP contribution in [0, 0.1) is 13.8 Å². The summed E-state index contributed by atoms with van der Waals surface area (Å²) < 4.78 is 10.7. The normalized spacial score (nSPS) is 14.5. The van der Waals surface area contributed by atoms with Crippen LogP contribution in [-0.2, 0) is 6.54 Å². The fourth-order valence-electron chi connectivity index (χ4n) is 2.58. The predicted octanol–water partition coefficient (Wildman–Crippen LogP) is 4.60. The van der Waals surface area contributed by atoms with Gasteiger partial charge in [-0.2, -0.15) is 0 Å². The molecular weight excluding hydrogens is 306 g/mol. The molecule has 5 heteroatoms. The molecule has 3 nitrogen and oxygen atoms in total. The zero-order chi connectivity index (χ0) is 15.0. The van der Waals surface area contributed by atoms with Gasteiger partial charge in [-0.1, -0.05) is 11.6 Å². The third-order valence-corrected chi connectivity index (χ3v) is 4.91. The molecule has 1 atom stereocenters. The van der Waals surface area contributed by atoms with E-state index in [2.05, 4.69) is 32.2 Å². The molecule has 0 amide bonds. The quantitative estimate of drug-likeness (QED) is 0.892. The molecule has 0 aliphatic carbocycles. The van der Waals surface area contributed by atoms with Crippen LogP contribution in [0.25, 0.3) is 0 Å². The lowest BCUT2D eigenvalue weighted by Crippen LogP contribution is -2.18. The fourth-order valence-corrected chi connectivity index (χ4v) is 3.89. The van der Waals surface area contributed by atoms with E-state index in [-0.39, 0.29) is 6.79 Å². The maximum Gasteiger partial charge on any atom is 0.231 e. The predicted molar refractivity (Wildman–Crippen MR) is 86.6 cm³/mol. The van der Waals surface area contributed by atoms with E-state index in [1.54, 1.807) is 0 Å². The number of hydrogen-bond acceptors (Lipinski definition) is 4. The van der Waals surface area contributed by atoms with Gasteiger partial charge < -0.3 is 14.8 Å². The summed E-state index contributed by atoms with van der Waals surface area (Å²) in [5.41, 5.74) is 2.46. The average molecular weight is 324 g/mol. The van der Waals surface area contributed by atoms with Crippen LogP contribution in [0.3, 0.4) is 0 Å². The minimum atomic E-state index is 0.246. The molecule has 1 unspecified atom stereocenters. The molecular formula is C16H18ClNO2S. The Kier molecular flexibility index (Phi) is 4.11. The van der Waals surface area contributed by atoms with Crippen molar-refractivity contribution in [3.05, 3.63) is 44.1 Å². The van der Waals surface area contributed by atoms with Gasteiger partial charge in [-0.15, -0.1) is 11.3 Å². The van der Waals surface area contributed by atoms with Crippen LogP contribution in [0.2, 0.25) is 5.02 Å². The number of aryl methyl sites for hydroxylation is 2. The highest BCUT2D eigenvalue weighted by molar-refractivity contribution is 7.12. The van der Waals surface area contributed by atoms with E-state index in [4.69, 9.17) is 21.1 Å². The van der Waals surface area contributed by atoms with E-state index in [1.165, 1.54) is 15.3 Å². The highest BCUT2D eigenvalue weighted by atomic mass is 35.5. The molecule has 112 valence electrons. The number of nitrogens with one attached hydrogen (secondary N) is 1. The summed E-state index contributed by atoms with van der Waals surface area (Å²) in [4.78, 5) is 2.72. The molecule has 2 heterocycles. The minimum Gasteiger partial charge on any atom is -0.454 e. The van der Waals surface area contributed by atoms with Crippen molar-refractivity contribution in [2.24, 2.45) is 0 Å². The molecule has 21 heavy (non-hydrogen) atoms. The van der Waals surface area contributed by atoms with Crippen LogP contribution in [0.4, 0.5) is 0 Å². The van der Waals surface area contributed by atoms with Crippen molar-refractivity contribution >= 4 is 22.9 Å². The molecule has 1 aliphatic heterocycles. The first-order valence-electron chi connectivity index (χ1n) is 6.93. The lowest BCUT2D eigenvalue weighted by Gasteiger charge is -2.14. The van der Waals surface area contributed by atoms with Crippen LogP contribution in [0.1, 0.15) is 33.8 Å². The van der Waals surface area contributed by atoms with Crippen LogP contribution in [-0.4, -0.2) is 6.79 Å². The molecule has 1 aromatic carbocycles. The number of ether oxygens (including phenoxy) is 2. The maximum absolute atomic E-state index is 6.20. The second kappa shape index (κ2) is 5.87. The van der Waals surface area contributed by atoms with Gasteiger partial charge in [-0.05, 0) is 50.1 Å². The van der Waals surface area contributed by atoms with Gasteiger partial charge in [-0.3, -0.25) is 0 Å². The second-order valence-corrected chi connectivity index (χ2v) is 7.15. The first-order chi connectivity index (χ1) is 10.0. The summed E-state index contributed by atoms with van der Waals surface area (Å²) in [6.45, 7) is 7.48. The molecule has 0 spiro atoms. The van der Waals surface area contributed by atoms with E-state index in [1.807, 2.05) is 23.5 Å². The van der Waals surface area contributed by atoms with Crippen molar-refractivity contribution in [1.29, 1.82) is 0 Å². The third kappa shape index (κ3) is 3.03. The largest absolute Gasteiger partial charge is 0.454 e. The smallest absolute Gasteiger partial charge is 0.231 e. The number of benzene rings is 1. The number of fused-ring (bicyclic) bond motifs is 1. The van der Waals surface area contributed by atoms with E-state index in [0.29, 0.717) is 16.8 Å². The zero-order valence-electron chi connectivity index (χ0n) is 12.3. The average Bonchev–Trinajstić information content (AvgIpc) is 3.02. The summed E-state index contributed by atoms with van der Waals surface area (Å²) in [6, 6.07) is 6.48. The van der Waals surface area contributed by atoms with Crippen molar-refractivity contribution in [3.8, 4) is 11.5 Å². The number of halogens is 1. The molecule has 1 N–H and O–H groups in total. The molecule has 0 saturated carbocycles. The lowest BCUT2D eigenvalue weighted by atomic mass is 10.1. The van der Waals surface area contributed by atoms with Crippen molar-refractivity contribution < 1.29 is 9.47 Å². The Morgan fingerprint density at radius 2 is 2.10 bits per heavy atom. The summed E-state index contributed by atoms with van der Waals surface area (Å²) in [6.07, 6.45) is 0. The molecule has 0 fully saturated rings.